The third-order valence-electron chi connectivity index (χ3n) is 3.34. The highest BCUT2D eigenvalue weighted by atomic mass is 32.1. The van der Waals surface area contributed by atoms with E-state index in [9.17, 15) is 0 Å². The monoisotopic (exact) mass is 290 g/mol. The topological polar surface area (TPSA) is 48.4 Å². The highest BCUT2D eigenvalue weighted by Gasteiger charge is 2.20. The van der Waals surface area contributed by atoms with Crippen LogP contribution in [-0.4, -0.2) is 55.2 Å². The fraction of sp³-hybridized carbons (Fsp3) is 0.462. The Morgan fingerprint density at radius 2 is 1.80 bits per heavy atom. The van der Waals surface area contributed by atoms with Crippen LogP contribution in [0.4, 0.5) is 16.9 Å². The van der Waals surface area contributed by atoms with Gasteiger partial charge in [-0.3, -0.25) is 0 Å². The summed E-state index contributed by atoms with van der Waals surface area (Å²) in [6, 6.07) is 1.93. The summed E-state index contributed by atoms with van der Waals surface area (Å²) < 4.78 is 0. The first-order valence-electron chi connectivity index (χ1n) is 6.64. The average molecular weight is 290 g/mol. The van der Waals surface area contributed by atoms with Gasteiger partial charge in [-0.15, -0.1) is 11.3 Å². The number of aromatic nitrogens is 3. The lowest BCUT2D eigenvalue weighted by Crippen LogP contribution is -2.47. The first-order valence-corrected chi connectivity index (χ1v) is 7.52. The molecule has 1 aliphatic rings. The molecular formula is C13H18N6S. The van der Waals surface area contributed by atoms with Crippen LogP contribution in [0.15, 0.2) is 23.8 Å². The van der Waals surface area contributed by atoms with Crippen molar-refractivity contribution in [3.63, 3.8) is 0 Å². The van der Waals surface area contributed by atoms with Gasteiger partial charge in [-0.25, -0.2) is 9.97 Å². The zero-order valence-corrected chi connectivity index (χ0v) is 12.5. The van der Waals surface area contributed by atoms with Gasteiger partial charge in [-0.05, 0) is 6.07 Å². The predicted molar refractivity (Wildman–Crippen MR) is 82.9 cm³/mol. The summed E-state index contributed by atoms with van der Waals surface area (Å²) >= 11 is 1.69. The van der Waals surface area contributed by atoms with Crippen molar-refractivity contribution < 1.29 is 0 Å². The second-order valence-electron chi connectivity index (χ2n) is 4.90. The molecule has 20 heavy (non-hydrogen) atoms. The number of anilines is 3. The van der Waals surface area contributed by atoms with Crippen molar-refractivity contribution in [3.8, 4) is 0 Å². The van der Waals surface area contributed by atoms with Gasteiger partial charge in [0, 0.05) is 58.0 Å². The Hall–Kier alpha value is -1.89. The Kier molecular flexibility index (Phi) is 3.68. The molecule has 0 spiro atoms. The van der Waals surface area contributed by atoms with E-state index in [-0.39, 0.29) is 0 Å². The number of hydrogen-bond acceptors (Lipinski definition) is 7. The average Bonchev–Trinajstić information content (AvgIpc) is 3.02. The summed E-state index contributed by atoms with van der Waals surface area (Å²) in [6.07, 6.45) is 3.68. The number of hydrogen-bond donors (Lipinski definition) is 0. The third-order valence-corrected chi connectivity index (χ3v) is 4.17. The predicted octanol–water partition coefficient (Wildman–Crippen LogP) is 1.33. The molecular weight excluding hydrogens is 272 g/mol. The van der Waals surface area contributed by atoms with Crippen molar-refractivity contribution in [3.05, 3.63) is 23.8 Å². The molecule has 3 heterocycles. The molecule has 1 fully saturated rings. The largest absolute Gasteiger partial charge is 0.363 e. The van der Waals surface area contributed by atoms with Crippen molar-refractivity contribution in [1.29, 1.82) is 0 Å². The van der Waals surface area contributed by atoms with Crippen molar-refractivity contribution >= 4 is 28.2 Å². The van der Waals surface area contributed by atoms with Crippen LogP contribution in [0.3, 0.4) is 0 Å². The van der Waals surface area contributed by atoms with Gasteiger partial charge in [-0.1, -0.05) is 0 Å². The Morgan fingerprint density at radius 3 is 2.45 bits per heavy atom. The number of nitrogens with zero attached hydrogens (tertiary/aromatic N) is 6. The molecule has 2 aromatic heterocycles. The molecule has 0 atom stereocenters. The van der Waals surface area contributed by atoms with Crippen LogP contribution in [0, 0.1) is 0 Å². The molecule has 1 saturated heterocycles. The lowest BCUT2D eigenvalue weighted by Gasteiger charge is -2.34. The van der Waals surface area contributed by atoms with Crippen LogP contribution in [0.5, 0.6) is 0 Å². The van der Waals surface area contributed by atoms with E-state index in [4.69, 9.17) is 0 Å². The highest BCUT2D eigenvalue weighted by Crippen LogP contribution is 2.21. The van der Waals surface area contributed by atoms with Crippen LogP contribution < -0.4 is 14.7 Å². The lowest BCUT2D eigenvalue weighted by atomic mass is 10.3. The molecule has 0 amide bonds. The molecule has 1 aliphatic heterocycles. The van der Waals surface area contributed by atoms with E-state index >= 15 is 0 Å². The molecule has 2 aromatic rings. The molecule has 0 unspecified atom stereocenters. The van der Waals surface area contributed by atoms with E-state index in [0.717, 1.165) is 43.1 Å². The van der Waals surface area contributed by atoms with Crippen molar-refractivity contribution in [1.82, 2.24) is 15.0 Å². The van der Waals surface area contributed by atoms with E-state index in [1.54, 1.807) is 11.3 Å². The summed E-state index contributed by atoms with van der Waals surface area (Å²) in [5, 5.41) is 3.12. The molecule has 0 N–H and O–H groups in total. The minimum atomic E-state index is 0.815. The maximum absolute atomic E-state index is 4.59. The van der Waals surface area contributed by atoms with Gasteiger partial charge in [0.05, 0.1) is 0 Å². The minimum Gasteiger partial charge on any atom is -0.363 e. The molecule has 0 saturated carbocycles. The standard InChI is InChI=1S/C13H18N6S/c1-17(2)11-3-4-14-12(16-11)18-6-8-19(9-7-18)13-15-5-10-20-13/h3-5,10H,6-9H2,1-2H3. The second-order valence-corrected chi connectivity index (χ2v) is 5.77. The van der Waals surface area contributed by atoms with E-state index in [0.29, 0.717) is 0 Å². The van der Waals surface area contributed by atoms with E-state index in [2.05, 4.69) is 24.8 Å². The van der Waals surface area contributed by atoms with Crippen molar-refractivity contribution in [2.75, 3.05) is 55.0 Å². The van der Waals surface area contributed by atoms with Gasteiger partial charge >= 0.3 is 0 Å². The van der Waals surface area contributed by atoms with Gasteiger partial charge in [0.2, 0.25) is 5.95 Å². The first-order chi connectivity index (χ1) is 9.74. The first kappa shape index (κ1) is 13.1. The smallest absolute Gasteiger partial charge is 0.227 e. The van der Waals surface area contributed by atoms with Crippen molar-refractivity contribution in [2.24, 2.45) is 0 Å². The van der Waals surface area contributed by atoms with Crippen LogP contribution in [0.1, 0.15) is 0 Å². The van der Waals surface area contributed by atoms with Crippen LogP contribution >= 0.6 is 11.3 Å². The van der Waals surface area contributed by atoms with Gasteiger partial charge in [-0.2, -0.15) is 4.98 Å². The van der Waals surface area contributed by atoms with E-state index in [1.165, 1.54) is 0 Å². The number of piperazine rings is 1. The zero-order valence-electron chi connectivity index (χ0n) is 11.7. The van der Waals surface area contributed by atoms with Gasteiger partial charge in [0.25, 0.3) is 0 Å². The fourth-order valence-corrected chi connectivity index (χ4v) is 2.91. The number of rotatable bonds is 3. The van der Waals surface area contributed by atoms with Crippen molar-refractivity contribution in [2.45, 2.75) is 0 Å². The van der Waals surface area contributed by atoms with Crippen LogP contribution in [0.2, 0.25) is 0 Å². The normalized spacial score (nSPS) is 15.5. The third kappa shape index (κ3) is 2.67. The molecule has 6 nitrogen and oxygen atoms in total. The Balaban J connectivity index is 1.67. The molecule has 0 bridgehead atoms. The minimum absolute atomic E-state index is 0.815. The summed E-state index contributed by atoms with van der Waals surface area (Å²) in [7, 11) is 3.99. The lowest BCUT2D eigenvalue weighted by molar-refractivity contribution is 0.638. The molecule has 0 aliphatic carbocycles. The molecule has 0 aromatic carbocycles. The fourth-order valence-electron chi connectivity index (χ4n) is 2.21. The van der Waals surface area contributed by atoms with Gasteiger partial charge < -0.3 is 14.7 Å². The number of thiazole rings is 1. The summed E-state index contributed by atoms with van der Waals surface area (Å²) in [4.78, 5) is 19.9. The van der Waals surface area contributed by atoms with E-state index in [1.807, 2.05) is 42.8 Å². The van der Waals surface area contributed by atoms with E-state index < -0.39 is 0 Å². The van der Waals surface area contributed by atoms with Crippen LogP contribution in [0.25, 0.3) is 0 Å². The summed E-state index contributed by atoms with van der Waals surface area (Å²) in [6.45, 7) is 3.78. The van der Waals surface area contributed by atoms with Gasteiger partial charge in [0.15, 0.2) is 5.13 Å². The molecule has 0 radical (unpaired) electrons. The Bertz CT molecular complexity index is 548. The molecule has 106 valence electrons. The second kappa shape index (κ2) is 5.62. The maximum atomic E-state index is 4.59. The summed E-state index contributed by atoms with van der Waals surface area (Å²) in [5.74, 6) is 1.76. The maximum Gasteiger partial charge on any atom is 0.227 e. The summed E-state index contributed by atoms with van der Waals surface area (Å²) in [5.41, 5.74) is 0. The molecule has 3 rings (SSSR count). The van der Waals surface area contributed by atoms with Crippen LogP contribution in [-0.2, 0) is 0 Å². The zero-order chi connectivity index (χ0) is 13.9. The molecule has 7 heteroatoms. The van der Waals surface area contributed by atoms with Gasteiger partial charge in [0.1, 0.15) is 5.82 Å². The highest BCUT2D eigenvalue weighted by molar-refractivity contribution is 7.13. The quantitative estimate of drug-likeness (QED) is 0.850. The SMILES string of the molecule is CN(C)c1ccnc(N2CCN(c3nccs3)CC2)n1. The Morgan fingerprint density at radius 1 is 1.05 bits per heavy atom. The Labute approximate surface area is 122 Å².